The third kappa shape index (κ3) is 4.81. The van der Waals surface area contributed by atoms with Crippen LogP contribution in [-0.4, -0.2) is 44.4 Å². The Balaban J connectivity index is 1.73. The average molecular weight is 500 g/mol. The van der Waals surface area contributed by atoms with Gasteiger partial charge in [0.15, 0.2) is 0 Å². The molecule has 1 aromatic heterocycles. The Hall–Kier alpha value is -3.29. The second kappa shape index (κ2) is 10.3. The van der Waals surface area contributed by atoms with Crippen LogP contribution in [-0.2, 0) is 16.1 Å². The first kappa shape index (κ1) is 23.9. The van der Waals surface area contributed by atoms with E-state index in [1.807, 2.05) is 17.7 Å². The number of aliphatic hydroxyl groups excluding tert-OH is 1. The lowest BCUT2D eigenvalue weighted by atomic mass is 9.95. The Bertz CT molecular complexity index is 1220. The van der Waals surface area contributed by atoms with Gasteiger partial charge in [-0.15, -0.1) is 0 Å². The molecule has 0 spiro atoms. The molecule has 1 saturated heterocycles. The summed E-state index contributed by atoms with van der Waals surface area (Å²) in [6.07, 6.45) is 5.81. The fourth-order valence-corrected chi connectivity index (χ4v) is 4.38. The number of aromatic nitrogens is 2. The molecule has 1 atom stereocenters. The number of carbonyl (C=O) groups excluding carboxylic acids is 2. The molecule has 0 bridgehead atoms. The highest BCUT2D eigenvalue weighted by Gasteiger charge is 2.45. The number of amides is 1. The summed E-state index contributed by atoms with van der Waals surface area (Å²) in [6.45, 7) is 3.22. The van der Waals surface area contributed by atoms with Gasteiger partial charge in [-0.3, -0.25) is 9.59 Å². The second-order valence-electron chi connectivity index (χ2n) is 7.78. The topological polar surface area (TPSA) is 84.7 Å². The number of hydrogen-bond donors (Lipinski definition) is 1. The molecule has 1 aliphatic rings. The highest BCUT2D eigenvalue weighted by molar-refractivity contribution is 6.46. The van der Waals surface area contributed by atoms with Gasteiger partial charge >= 0.3 is 0 Å². The van der Waals surface area contributed by atoms with E-state index in [9.17, 15) is 14.7 Å². The molecule has 7 nitrogen and oxygen atoms in total. The number of carbonyl (C=O) groups is 2. The highest BCUT2D eigenvalue weighted by atomic mass is 35.5. The van der Waals surface area contributed by atoms with Crippen LogP contribution in [0.2, 0.25) is 10.0 Å². The van der Waals surface area contributed by atoms with Gasteiger partial charge in [0.2, 0.25) is 0 Å². The minimum absolute atomic E-state index is 0.00943. The lowest BCUT2D eigenvalue weighted by Gasteiger charge is -2.25. The van der Waals surface area contributed by atoms with Gasteiger partial charge in [0.25, 0.3) is 11.7 Å². The van der Waals surface area contributed by atoms with E-state index in [4.69, 9.17) is 27.9 Å². The van der Waals surface area contributed by atoms with Crippen molar-refractivity contribution in [2.45, 2.75) is 25.9 Å². The third-order valence-electron chi connectivity index (χ3n) is 5.61. The molecule has 0 unspecified atom stereocenters. The number of benzene rings is 2. The normalized spacial score (nSPS) is 17.4. The summed E-state index contributed by atoms with van der Waals surface area (Å²) in [5.41, 5.74) is 1.00. The maximum Gasteiger partial charge on any atom is 0.295 e. The maximum atomic E-state index is 13.1. The molecule has 0 saturated carbocycles. The summed E-state index contributed by atoms with van der Waals surface area (Å²) in [6, 6.07) is 10.9. The molecule has 2 heterocycles. The van der Waals surface area contributed by atoms with Crippen molar-refractivity contribution < 1.29 is 19.4 Å². The van der Waals surface area contributed by atoms with E-state index in [-0.39, 0.29) is 11.3 Å². The lowest BCUT2D eigenvalue weighted by molar-refractivity contribution is -0.139. The number of Topliss-reactive ketones (excluding diaryl/α,β-unsaturated/α-hetero) is 1. The highest BCUT2D eigenvalue weighted by Crippen LogP contribution is 2.40. The van der Waals surface area contributed by atoms with Gasteiger partial charge in [-0.2, -0.15) is 0 Å². The molecule has 3 aromatic rings. The number of hydrogen-bond acceptors (Lipinski definition) is 5. The van der Waals surface area contributed by atoms with Crippen molar-refractivity contribution in [3.8, 4) is 5.75 Å². The Morgan fingerprint density at radius 2 is 1.88 bits per heavy atom. The molecule has 1 aliphatic heterocycles. The number of ketones is 1. The number of halogens is 2. The van der Waals surface area contributed by atoms with E-state index >= 15 is 0 Å². The number of aliphatic hydroxyl groups is 1. The van der Waals surface area contributed by atoms with E-state index in [1.165, 1.54) is 11.0 Å². The SMILES string of the molecule is CCOc1ccc(/C(O)=C2\C(=O)C(=O)N(CCCn3ccnc3)[C@H]2c2ccc(Cl)cc2)cc1Cl. The minimum Gasteiger partial charge on any atom is -0.507 e. The first-order valence-electron chi connectivity index (χ1n) is 10.8. The minimum atomic E-state index is -0.759. The number of likely N-dealkylation sites (tertiary alicyclic amines) is 1. The van der Waals surface area contributed by atoms with Crippen LogP contribution in [0.25, 0.3) is 5.76 Å². The van der Waals surface area contributed by atoms with E-state index in [0.29, 0.717) is 53.0 Å². The molecule has 1 fully saturated rings. The zero-order chi connectivity index (χ0) is 24.2. The predicted molar refractivity (Wildman–Crippen MR) is 130 cm³/mol. The number of ether oxygens (including phenoxy) is 1. The van der Waals surface area contributed by atoms with Crippen LogP contribution in [0.4, 0.5) is 0 Å². The van der Waals surface area contributed by atoms with Crippen LogP contribution in [0.1, 0.15) is 30.5 Å². The summed E-state index contributed by atoms with van der Waals surface area (Å²) >= 11 is 12.4. The Morgan fingerprint density at radius 1 is 1.12 bits per heavy atom. The molecular weight excluding hydrogens is 477 g/mol. The van der Waals surface area contributed by atoms with Crippen molar-refractivity contribution in [1.29, 1.82) is 0 Å². The molecule has 4 rings (SSSR count). The number of nitrogens with zero attached hydrogens (tertiary/aromatic N) is 3. The first-order chi connectivity index (χ1) is 16.4. The van der Waals surface area contributed by atoms with E-state index in [2.05, 4.69) is 4.98 Å². The van der Waals surface area contributed by atoms with Crippen molar-refractivity contribution in [2.75, 3.05) is 13.2 Å². The average Bonchev–Trinajstić information content (AvgIpc) is 3.43. The molecule has 176 valence electrons. The summed E-state index contributed by atoms with van der Waals surface area (Å²) < 4.78 is 7.35. The molecular formula is C25H23Cl2N3O4. The van der Waals surface area contributed by atoms with Crippen molar-refractivity contribution in [1.82, 2.24) is 14.5 Å². The van der Waals surface area contributed by atoms with Gasteiger partial charge in [0.1, 0.15) is 11.5 Å². The van der Waals surface area contributed by atoms with Crippen molar-refractivity contribution in [3.63, 3.8) is 0 Å². The van der Waals surface area contributed by atoms with Crippen molar-refractivity contribution >= 4 is 40.7 Å². The fraction of sp³-hybridized carbons (Fsp3) is 0.240. The predicted octanol–water partition coefficient (Wildman–Crippen LogP) is 5.10. The van der Waals surface area contributed by atoms with Crippen molar-refractivity contribution in [2.24, 2.45) is 0 Å². The van der Waals surface area contributed by atoms with Gasteiger partial charge in [0.05, 0.1) is 29.6 Å². The van der Waals surface area contributed by atoms with Crippen LogP contribution >= 0.6 is 23.2 Å². The summed E-state index contributed by atoms with van der Waals surface area (Å²) in [4.78, 5) is 31.7. The van der Waals surface area contributed by atoms with Gasteiger partial charge in [-0.1, -0.05) is 35.3 Å². The Labute approximate surface area is 207 Å². The monoisotopic (exact) mass is 499 g/mol. The van der Waals surface area contributed by atoms with Crippen molar-refractivity contribution in [3.05, 3.63) is 87.9 Å². The van der Waals surface area contributed by atoms with E-state index < -0.39 is 17.7 Å². The van der Waals surface area contributed by atoms with Crippen LogP contribution < -0.4 is 4.74 Å². The molecule has 2 aromatic carbocycles. The third-order valence-corrected chi connectivity index (χ3v) is 6.15. The van der Waals surface area contributed by atoms with Crippen LogP contribution in [0, 0.1) is 0 Å². The Morgan fingerprint density at radius 3 is 2.53 bits per heavy atom. The maximum absolute atomic E-state index is 13.1. The molecule has 9 heteroatoms. The van der Waals surface area contributed by atoms with Crippen LogP contribution in [0.15, 0.2) is 66.8 Å². The van der Waals surface area contributed by atoms with Gasteiger partial charge in [-0.05, 0) is 49.2 Å². The van der Waals surface area contributed by atoms with Crippen LogP contribution in [0.3, 0.4) is 0 Å². The molecule has 1 N–H and O–H groups in total. The molecule has 0 aliphatic carbocycles. The quantitative estimate of drug-likeness (QED) is 0.264. The number of aryl methyl sites for hydroxylation is 1. The fourth-order valence-electron chi connectivity index (χ4n) is 4.02. The summed E-state index contributed by atoms with van der Waals surface area (Å²) in [7, 11) is 0. The smallest absolute Gasteiger partial charge is 0.295 e. The zero-order valence-electron chi connectivity index (χ0n) is 18.4. The standard InChI is InChI=1S/C25H23Cl2N3O4/c1-2-34-20-9-6-17(14-19(20)27)23(31)21-22(16-4-7-18(26)8-5-16)30(25(33)24(21)32)12-3-11-29-13-10-28-15-29/h4-10,13-15,22,31H,2-3,11-12H2,1H3/b23-21+/t22-/m0/s1. The lowest BCUT2D eigenvalue weighted by Crippen LogP contribution is -2.31. The van der Waals surface area contributed by atoms with Gasteiger partial charge in [0, 0.05) is 36.1 Å². The van der Waals surface area contributed by atoms with Gasteiger partial charge in [-0.25, -0.2) is 4.98 Å². The summed E-state index contributed by atoms with van der Waals surface area (Å²) in [5, 5.41) is 12.0. The van der Waals surface area contributed by atoms with Crippen LogP contribution in [0.5, 0.6) is 5.75 Å². The first-order valence-corrected chi connectivity index (χ1v) is 11.6. The Kier molecular flexibility index (Phi) is 7.24. The van der Waals surface area contributed by atoms with Gasteiger partial charge < -0.3 is 19.3 Å². The number of rotatable bonds is 8. The molecule has 0 radical (unpaired) electrons. The number of imidazole rings is 1. The largest absolute Gasteiger partial charge is 0.507 e. The zero-order valence-corrected chi connectivity index (χ0v) is 20.0. The van der Waals surface area contributed by atoms with E-state index in [0.717, 1.165) is 0 Å². The molecule has 34 heavy (non-hydrogen) atoms. The molecule has 1 amide bonds. The second-order valence-corrected chi connectivity index (χ2v) is 8.62. The summed E-state index contributed by atoms with van der Waals surface area (Å²) in [5.74, 6) is -1.23. The van der Waals surface area contributed by atoms with E-state index in [1.54, 1.807) is 48.9 Å².